The van der Waals surface area contributed by atoms with Crippen molar-refractivity contribution in [1.29, 1.82) is 0 Å². The Bertz CT molecular complexity index is 1310. The third-order valence-electron chi connectivity index (χ3n) is 6.20. The molecule has 0 aliphatic carbocycles. The van der Waals surface area contributed by atoms with Crippen LogP contribution in [0.1, 0.15) is 45.8 Å². The summed E-state index contributed by atoms with van der Waals surface area (Å²) < 4.78 is 30.0. The Morgan fingerprint density at radius 3 is 2.53 bits per heavy atom. The second-order valence-corrected chi connectivity index (χ2v) is 8.92. The van der Waals surface area contributed by atoms with Gasteiger partial charge < -0.3 is 9.71 Å². The Balaban J connectivity index is 1.55. The summed E-state index contributed by atoms with van der Waals surface area (Å²) in [6.07, 6.45) is 0.268. The molecule has 8 radical (unpaired) electrons. The van der Waals surface area contributed by atoms with E-state index in [-0.39, 0.29) is 45.8 Å². The number of carbonyl (C=O) groups is 4. The van der Waals surface area contributed by atoms with Crippen molar-refractivity contribution in [2.45, 2.75) is 37.3 Å². The fourth-order valence-corrected chi connectivity index (χ4v) is 4.39. The van der Waals surface area contributed by atoms with E-state index in [4.69, 9.17) is 43.1 Å². The van der Waals surface area contributed by atoms with Crippen molar-refractivity contribution in [1.82, 2.24) is 15.0 Å². The lowest BCUT2D eigenvalue weighted by Gasteiger charge is -2.31. The Morgan fingerprint density at radius 2 is 1.86 bits per heavy atom. The van der Waals surface area contributed by atoms with Crippen molar-refractivity contribution in [2.75, 3.05) is 0 Å². The smallest absolute Gasteiger partial charge is 0.348 e. The van der Waals surface area contributed by atoms with Crippen LogP contribution in [0.4, 0.5) is 8.78 Å². The van der Waals surface area contributed by atoms with Gasteiger partial charge >= 0.3 is 5.92 Å². The molecule has 4 rings (SSSR count). The highest BCUT2D eigenvalue weighted by Crippen LogP contribution is 2.33. The van der Waals surface area contributed by atoms with Crippen molar-refractivity contribution in [3.8, 4) is 0 Å². The number of fused-ring (bicyclic) bond motifs is 1. The molecule has 2 aliphatic rings. The second-order valence-electron chi connectivity index (χ2n) is 8.51. The number of piperidine rings is 1. The lowest BCUT2D eigenvalue weighted by molar-refractivity contribution is -0.154. The Labute approximate surface area is 215 Å². The molecule has 1 fully saturated rings. The molecule has 2 unspecified atom stereocenters. The maximum atomic E-state index is 15.0. The summed E-state index contributed by atoms with van der Waals surface area (Å²) in [4.78, 5) is 50.6. The quantitative estimate of drug-likeness (QED) is 0.445. The predicted octanol–water partition coefficient (Wildman–Crippen LogP) is -0.440. The van der Waals surface area contributed by atoms with E-state index in [1.807, 2.05) is 0 Å². The number of nitrogens with zero attached hydrogens (tertiary/aromatic N) is 2. The molecule has 2 aromatic carbocycles. The Morgan fingerprint density at radius 1 is 1.17 bits per heavy atom. The van der Waals surface area contributed by atoms with Crippen LogP contribution in [0.2, 0.25) is 5.02 Å². The van der Waals surface area contributed by atoms with Crippen LogP contribution in [0.25, 0.3) is 0 Å². The van der Waals surface area contributed by atoms with Crippen molar-refractivity contribution >= 4 is 77.7 Å². The summed E-state index contributed by atoms with van der Waals surface area (Å²) in [6.45, 7) is 0.0241. The van der Waals surface area contributed by atoms with Crippen molar-refractivity contribution in [3.63, 3.8) is 0 Å². The fourth-order valence-electron chi connectivity index (χ4n) is 4.22. The molecule has 0 spiro atoms. The minimum atomic E-state index is -4.18. The van der Waals surface area contributed by atoms with E-state index in [1.165, 1.54) is 23.1 Å². The summed E-state index contributed by atoms with van der Waals surface area (Å²) in [5, 5.41) is 2.15. The molecule has 14 heteroatoms. The van der Waals surface area contributed by atoms with Crippen LogP contribution in [0.15, 0.2) is 30.3 Å². The number of nitrogens with one attached hydrogen (secondary N) is 1. The lowest BCUT2D eigenvalue weighted by Crippen LogP contribution is -2.52. The van der Waals surface area contributed by atoms with E-state index in [9.17, 15) is 19.2 Å². The molecule has 1 N–H and O–H groups in total. The van der Waals surface area contributed by atoms with Crippen molar-refractivity contribution in [3.05, 3.63) is 57.6 Å². The third-order valence-corrected chi connectivity index (χ3v) is 6.53. The monoisotopic (exact) mass is 501 g/mol. The number of halogens is 3. The number of amides is 4. The van der Waals surface area contributed by atoms with Gasteiger partial charge in [-0.3, -0.25) is 24.5 Å². The van der Waals surface area contributed by atoms with Gasteiger partial charge in [0.1, 0.15) is 29.6 Å². The minimum Gasteiger partial charge on any atom is -0.393 e. The van der Waals surface area contributed by atoms with Gasteiger partial charge in [0.15, 0.2) is 0 Å². The number of benzene rings is 2. The Hall–Kier alpha value is -3.07. The van der Waals surface area contributed by atoms with E-state index in [0.29, 0.717) is 5.56 Å². The van der Waals surface area contributed by atoms with Gasteiger partial charge in [0.2, 0.25) is 19.8 Å². The van der Waals surface area contributed by atoms with E-state index in [0.717, 1.165) is 12.1 Å². The first-order valence-corrected chi connectivity index (χ1v) is 11.0. The fraction of sp³-hybridized carbons (Fsp3) is 0.273. The minimum absolute atomic E-state index is 0.0241. The molecular formula is C22H14B4ClF2N3O4. The number of imide groups is 1. The van der Waals surface area contributed by atoms with Gasteiger partial charge in [0.25, 0.3) is 11.8 Å². The molecule has 0 bridgehead atoms. The van der Waals surface area contributed by atoms with Crippen LogP contribution >= 0.6 is 11.6 Å². The molecular weight excluding hydrogens is 487 g/mol. The summed E-state index contributed by atoms with van der Waals surface area (Å²) >= 11 is 5.79. The van der Waals surface area contributed by atoms with Gasteiger partial charge in [-0.05, 0) is 23.6 Å². The second kappa shape index (κ2) is 9.42. The highest BCUT2D eigenvalue weighted by atomic mass is 35.5. The van der Waals surface area contributed by atoms with Crippen LogP contribution in [0.5, 0.6) is 0 Å². The first kappa shape index (κ1) is 26.0. The number of rotatable bonds is 5. The predicted molar refractivity (Wildman–Crippen MR) is 130 cm³/mol. The standard InChI is InChI=1S/C22H14B4ClF2N3O4/c23-13-7-15(27)14(24)6-12(13)22(28,29)21(36)32(26)18(25)9-1-2-11-10(5-9)8-31(20(11)35)16-3-4-17(33)30-19(16)34/h1-2,5-7,16,18H,3-4,8H2,(H,30,33,34). The maximum absolute atomic E-state index is 15.0. The summed E-state index contributed by atoms with van der Waals surface area (Å²) in [5.74, 6) is -8.95. The van der Waals surface area contributed by atoms with Gasteiger partial charge in [0.05, 0.1) is 0 Å². The lowest BCUT2D eigenvalue weighted by atomic mass is 9.80. The van der Waals surface area contributed by atoms with E-state index >= 15 is 8.78 Å². The van der Waals surface area contributed by atoms with Crippen LogP contribution in [0, 0.1) is 0 Å². The van der Waals surface area contributed by atoms with Gasteiger partial charge in [0, 0.05) is 35.1 Å². The van der Waals surface area contributed by atoms with Gasteiger partial charge in [-0.1, -0.05) is 46.8 Å². The molecule has 174 valence electrons. The van der Waals surface area contributed by atoms with Crippen molar-refractivity contribution < 1.29 is 28.0 Å². The molecule has 2 heterocycles. The molecule has 0 saturated carbocycles. The van der Waals surface area contributed by atoms with Gasteiger partial charge in [-0.15, -0.1) is 0 Å². The van der Waals surface area contributed by atoms with E-state index < -0.39 is 52.6 Å². The molecule has 1 saturated heterocycles. The third kappa shape index (κ3) is 4.45. The molecule has 2 aromatic rings. The molecule has 2 aliphatic heterocycles. The van der Waals surface area contributed by atoms with Crippen LogP contribution < -0.4 is 16.2 Å². The first-order valence-electron chi connectivity index (χ1n) is 10.7. The zero-order valence-corrected chi connectivity index (χ0v) is 19.4. The summed E-state index contributed by atoms with van der Waals surface area (Å²) in [5.41, 5.74) is -0.636. The topological polar surface area (TPSA) is 86.8 Å². The average Bonchev–Trinajstić information content (AvgIpc) is 3.15. The Kier molecular flexibility index (Phi) is 6.81. The normalized spacial score (nSPS) is 18.6. The maximum Gasteiger partial charge on any atom is 0.348 e. The molecule has 36 heavy (non-hydrogen) atoms. The summed E-state index contributed by atoms with van der Waals surface area (Å²) in [6, 6.07) is 5.19. The SMILES string of the molecule is [B]c1cc(C(F)(F)C(=O)N([B])C([B])c2ccc3c(c2)CN(C2CCC(=O)NC2=O)C3=O)c([B])cc1Cl. The zero-order chi connectivity index (χ0) is 26.5. The highest BCUT2D eigenvalue weighted by molar-refractivity contribution is 6.47. The summed E-state index contributed by atoms with van der Waals surface area (Å²) in [7, 11) is 22.9. The molecule has 7 nitrogen and oxygen atoms in total. The molecule has 2 atom stereocenters. The highest BCUT2D eigenvalue weighted by Gasteiger charge is 2.45. The first-order chi connectivity index (χ1) is 16.8. The van der Waals surface area contributed by atoms with E-state index in [1.54, 1.807) is 0 Å². The van der Waals surface area contributed by atoms with Crippen LogP contribution in [-0.2, 0) is 26.9 Å². The van der Waals surface area contributed by atoms with Gasteiger partial charge in [-0.2, -0.15) is 8.78 Å². The molecule has 0 aromatic heterocycles. The number of hydrogen-bond acceptors (Lipinski definition) is 4. The van der Waals surface area contributed by atoms with Crippen molar-refractivity contribution in [2.24, 2.45) is 0 Å². The largest absolute Gasteiger partial charge is 0.393 e. The number of hydrogen-bond donors (Lipinski definition) is 1. The van der Waals surface area contributed by atoms with Crippen LogP contribution in [0.3, 0.4) is 0 Å². The number of carbonyl (C=O) groups excluding carboxylic acids is 4. The molecule has 4 amide bonds. The zero-order valence-electron chi connectivity index (χ0n) is 18.6. The van der Waals surface area contributed by atoms with Gasteiger partial charge in [-0.25, -0.2) is 0 Å². The van der Waals surface area contributed by atoms with Crippen LogP contribution in [-0.4, -0.2) is 70.9 Å². The van der Waals surface area contributed by atoms with E-state index in [2.05, 4.69) is 5.32 Å². The average molecular weight is 501 g/mol. The number of alkyl halides is 2.